The third-order valence-electron chi connectivity index (χ3n) is 1.52. The van der Waals surface area contributed by atoms with Gasteiger partial charge in [0.05, 0.1) is 10.6 Å². The summed E-state index contributed by atoms with van der Waals surface area (Å²) < 4.78 is 0.947. The van der Waals surface area contributed by atoms with E-state index in [1.165, 1.54) is 6.07 Å². The largest absolute Gasteiger partial charge is 0.303 e. The van der Waals surface area contributed by atoms with Crippen LogP contribution in [0.15, 0.2) is 15.1 Å². The van der Waals surface area contributed by atoms with Crippen molar-refractivity contribution in [2.75, 3.05) is 0 Å². The smallest absolute Gasteiger partial charge is 0.258 e. The van der Waals surface area contributed by atoms with E-state index in [1.807, 2.05) is 6.92 Å². The predicted molar refractivity (Wildman–Crippen MR) is 55.7 cm³/mol. The molecule has 4 nitrogen and oxygen atoms in total. The van der Waals surface area contributed by atoms with Gasteiger partial charge in [0, 0.05) is 10.5 Å². The van der Waals surface area contributed by atoms with Crippen LogP contribution in [0.25, 0.3) is 0 Å². The summed E-state index contributed by atoms with van der Waals surface area (Å²) >= 11 is 6.27. The summed E-state index contributed by atoms with van der Waals surface area (Å²) in [7, 11) is 0. The van der Waals surface area contributed by atoms with Crippen molar-refractivity contribution in [3.63, 3.8) is 0 Å². The van der Waals surface area contributed by atoms with Gasteiger partial charge in [-0.3, -0.25) is 10.1 Å². The van der Waals surface area contributed by atoms with E-state index in [9.17, 15) is 10.1 Å². The third kappa shape index (κ3) is 2.25. The molecule has 0 saturated carbocycles. The van der Waals surface area contributed by atoms with E-state index in [2.05, 4.69) is 36.8 Å². The van der Waals surface area contributed by atoms with Gasteiger partial charge in [-0.05, 0) is 38.3 Å². The summed E-state index contributed by atoms with van der Waals surface area (Å²) in [6.45, 7) is 1.94. The first-order valence-corrected chi connectivity index (χ1v) is 5.14. The lowest BCUT2D eigenvalue weighted by Gasteiger charge is -2.01. The van der Waals surface area contributed by atoms with Crippen LogP contribution in [0.2, 0.25) is 0 Å². The Labute approximate surface area is 91.8 Å². The van der Waals surface area contributed by atoms with Crippen molar-refractivity contribution in [2.45, 2.75) is 13.3 Å². The second-order valence-electron chi connectivity index (χ2n) is 2.34. The molecule has 0 aliphatic heterocycles. The van der Waals surface area contributed by atoms with Gasteiger partial charge in [-0.25, -0.2) is 4.98 Å². The summed E-state index contributed by atoms with van der Waals surface area (Å²) in [5.41, 5.74) is 0.779. The van der Waals surface area contributed by atoms with Gasteiger partial charge < -0.3 is 0 Å². The number of aryl methyl sites for hydroxylation is 1. The lowest BCUT2D eigenvalue weighted by atomic mass is 10.3. The Balaban J connectivity index is 3.28. The van der Waals surface area contributed by atoms with Crippen molar-refractivity contribution in [3.05, 3.63) is 31.0 Å². The van der Waals surface area contributed by atoms with Gasteiger partial charge in [0.15, 0.2) is 4.60 Å². The fraction of sp³-hybridized carbons (Fsp3) is 0.286. The highest BCUT2D eigenvalue weighted by molar-refractivity contribution is 9.11. The molecule has 0 fully saturated rings. The molecule has 70 valence electrons. The molecule has 0 aliphatic carbocycles. The highest BCUT2D eigenvalue weighted by Gasteiger charge is 2.15. The number of aromatic nitrogens is 1. The van der Waals surface area contributed by atoms with Crippen molar-refractivity contribution < 1.29 is 4.92 Å². The molecule has 0 N–H and O–H groups in total. The Morgan fingerprint density at radius 1 is 1.62 bits per heavy atom. The fourth-order valence-electron chi connectivity index (χ4n) is 0.868. The third-order valence-corrected chi connectivity index (χ3v) is 2.79. The van der Waals surface area contributed by atoms with Gasteiger partial charge >= 0.3 is 5.69 Å². The molecular formula is C7H6Br2N2O2. The number of pyridine rings is 1. The van der Waals surface area contributed by atoms with E-state index in [1.54, 1.807) is 0 Å². The van der Waals surface area contributed by atoms with Crippen LogP contribution >= 0.6 is 31.9 Å². The van der Waals surface area contributed by atoms with Crippen molar-refractivity contribution in [1.82, 2.24) is 4.98 Å². The average molecular weight is 310 g/mol. The second kappa shape index (κ2) is 4.15. The SMILES string of the molecule is CCc1nc(Br)c([N+](=O)[O-])cc1Br. The zero-order chi connectivity index (χ0) is 10.0. The van der Waals surface area contributed by atoms with E-state index in [4.69, 9.17) is 0 Å². The van der Waals surface area contributed by atoms with E-state index < -0.39 is 4.92 Å². The van der Waals surface area contributed by atoms with Gasteiger partial charge in [-0.1, -0.05) is 6.92 Å². The average Bonchev–Trinajstić information content (AvgIpc) is 2.07. The molecule has 13 heavy (non-hydrogen) atoms. The standard InChI is InChI=1S/C7H6Br2N2O2/c1-2-5-4(8)3-6(11(12)13)7(9)10-5/h3H,2H2,1H3. The summed E-state index contributed by atoms with van der Waals surface area (Å²) in [4.78, 5) is 14.1. The van der Waals surface area contributed by atoms with Crippen LogP contribution in [-0.4, -0.2) is 9.91 Å². The first-order chi connectivity index (χ1) is 6.06. The molecule has 0 aromatic carbocycles. The van der Waals surface area contributed by atoms with Crippen LogP contribution in [0.3, 0.4) is 0 Å². The summed E-state index contributed by atoms with van der Waals surface area (Å²) in [5.74, 6) is 0. The number of rotatable bonds is 2. The Morgan fingerprint density at radius 2 is 2.23 bits per heavy atom. The lowest BCUT2D eigenvalue weighted by Crippen LogP contribution is -1.96. The van der Waals surface area contributed by atoms with E-state index in [0.29, 0.717) is 4.47 Å². The van der Waals surface area contributed by atoms with Gasteiger partial charge in [-0.15, -0.1) is 0 Å². The van der Waals surface area contributed by atoms with Crippen molar-refractivity contribution in [3.8, 4) is 0 Å². The zero-order valence-electron chi connectivity index (χ0n) is 6.75. The van der Waals surface area contributed by atoms with Crippen LogP contribution in [0.1, 0.15) is 12.6 Å². The molecule has 0 radical (unpaired) electrons. The predicted octanol–water partition coefficient (Wildman–Crippen LogP) is 3.08. The van der Waals surface area contributed by atoms with Crippen molar-refractivity contribution >= 4 is 37.5 Å². The monoisotopic (exact) mass is 308 g/mol. The Morgan fingerprint density at radius 3 is 2.69 bits per heavy atom. The molecule has 0 saturated heterocycles. The number of halogens is 2. The summed E-state index contributed by atoms with van der Waals surface area (Å²) in [6.07, 6.45) is 0.733. The molecule has 1 aromatic heterocycles. The summed E-state index contributed by atoms with van der Waals surface area (Å²) in [5, 5.41) is 10.5. The van der Waals surface area contributed by atoms with Gasteiger partial charge in [0.1, 0.15) is 0 Å². The lowest BCUT2D eigenvalue weighted by molar-refractivity contribution is -0.386. The molecule has 0 unspecified atom stereocenters. The van der Waals surface area contributed by atoms with Gasteiger partial charge in [0.25, 0.3) is 0 Å². The normalized spacial score (nSPS) is 10.1. The quantitative estimate of drug-likeness (QED) is 0.479. The number of nitro groups is 1. The van der Waals surface area contributed by atoms with E-state index >= 15 is 0 Å². The number of hydrogen-bond acceptors (Lipinski definition) is 3. The molecule has 1 rings (SSSR count). The molecule has 6 heteroatoms. The molecular weight excluding hydrogens is 304 g/mol. The fourth-order valence-corrected chi connectivity index (χ4v) is 1.93. The molecule has 0 aliphatic rings. The molecule has 1 heterocycles. The van der Waals surface area contributed by atoms with Crippen LogP contribution < -0.4 is 0 Å². The summed E-state index contributed by atoms with van der Waals surface area (Å²) in [6, 6.07) is 1.45. The molecule has 0 atom stereocenters. The molecule has 0 bridgehead atoms. The van der Waals surface area contributed by atoms with Crippen molar-refractivity contribution in [1.29, 1.82) is 0 Å². The second-order valence-corrected chi connectivity index (χ2v) is 3.94. The van der Waals surface area contributed by atoms with Crippen LogP contribution in [0, 0.1) is 10.1 Å². The van der Waals surface area contributed by atoms with Gasteiger partial charge in [0.2, 0.25) is 0 Å². The van der Waals surface area contributed by atoms with Crippen LogP contribution in [0.4, 0.5) is 5.69 Å². The maximum Gasteiger partial charge on any atom is 0.303 e. The van der Waals surface area contributed by atoms with Gasteiger partial charge in [-0.2, -0.15) is 0 Å². The Kier molecular flexibility index (Phi) is 3.38. The zero-order valence-corrected chi connectivity index (χ0v) is 9.92. The number of hydrogen-bond donors (Lipinski definition) is 0. The molecule has 0 spiro atoms. The maximum atomic E-state index is 10.5. The molecule has 1 aromatic rings. The topological polar surface area (TPSA) is 56.0 Å². The minimum atomic E-state index is -0.471. The molecule has 0 amide bonds. The van der Waals surface area contributed by atoms with Crippen LogP contribution in [-0.2, 0) is 6.42 Å². The minimum absolute atomic E-state index is 0.0240. The Bertz CT molecular complexity index is 355. The minimum Gasteiger partial charge on any atom is -0.258 e. The first kappa shape index (κ1) is 10.6. The van der Waals surface area contributed by atoms with Crippen molar-refractivity contribution in [2.24, 2.45) is 0 Å². The highest BCUT2D eigenvalue weighted by Crippen LogP contribution is 2.28. The maximum absolute atomic E-state index is 10.5. The highest BCUT2D eigenvalue weighted by atomic mass is 79.9. The Hall–Kier alpha value is -0.490. The number of nitrogens with zero attached hydrogens (tertiary/aromatic N) is 2. The van der Waals surface area contributed by atoms with Crippen LogP contribution in [0.5, 0.6) is 0 Å². The van der Waals surface area contributed by atoms with E-state index in [-0.39, 0.29) is 10.3 Å². The van der Waals surface area contributed by atoms with E-state index in [0.717, 1.165) is 12.1 Å². The first-order valence-electron chi connectivity index (χ1n) is 3.55.